The van der Waals surface area contributed by atoms with Crippen LogP contribution in [0.15, 0.2) is 30.3 Å². The number of hydrogen-bond acceptors (Lipinski definition) is 1. The molecule has 0 aliphatic rings. The van der Waals surface area contributed by atoms with Crippen molar-refractivity contribution in [2.24, 2.45) is 11.3 Å². The van der Waals surface area contributed by atoms with Crippen molar-refractivity contribution < 1.29 is 4.74 Å². The van der Waals surface area contributed by atoms with Crippen molar-refractivity contribution in [3.63, 3.8) is 0 Å². The van der Waals surface area contributed by atoms with Crippen molar-refractivity contribution in [2.75, 3.05) is 18.4 Å². The first kappa shape index (κ1) is 14.7. The van der Waals surface area contributed by atoms with Gasteiger partial charge >= 0.3 is 0 Å². The highest BCUT2D eigenvalue weighted by Gasteiger charge is 2.32. The third-order valence-corrected chi connectivity index (χ3v) is 4.43. The smallest absolute Gasteiger partial charge is 0.119 e. The average molecular weight is 275 g/mol. The van der Waals surface area contributed by atoms with Crippen LogP contribution in [0.4, 0.5) is 0 Å². The maximum absolute atomic E-state index is 6.06. The van der Waals surface area contributed by atoms with Gasteiger partial charge in [0.1, 0.15) is 5.75 Å². The Labute approximate surface area is 114 Å². The molecule has 1 nitrogen and oxygen atoms in total. The third-order valence-electron chi connectivity index (χ3n) is 3.37. The van der Waals surface area contributed by atoms with Crippen LogP contribution in [-0.2, 0) is 0 Å². The molecule has 3 heteroatoms. The zero-order valence-electron chi connectivity index (χ0n) is 10.5. The molecule has 0 radical (unpaired) electrons. The molecule has 0 unspecified atom stereocenters. The van der Waals surface area contributed by atoms with E-state index in [1.807, 2.05) is 30.3 Å². The van der Waals surface area contributed by atoms with E-state index >= 15 is 0 Å². The molecule has 96 valence electrons. The van der Waals surface area contributed by atoms with Crippen molar-refractivity contribution in [1.82, 2.24) is 0 Å². The highest BCUT2D eigenvalue weighted by atomic mass is 35.5. The largest absolute Gasteiger partial charge is 0.494 e. The molecule has 0 aliphatic carbocycles. The number of hydrogen-bond donors (Lipinski definition) is 0. The molecule has 1 rings (SSSR count). The summed E-state index contributed by atoms with van der Waals surface area (Å²) in [6.07, 6.45) is 0.882. The van der Waals surface area contributed by atoms with Crippen LogP contribution in [0.1, 0.15) is 20.3 Å². The molecule has 0 aromatic heterocycles. The van der Waals surface area contributed by atoms with Crippen molar-refractivity contribution in [1.29, 1.82) is 0 Å². The molecule has 1 aromatic carbocycles. The quantitative estimate of drug-likeness (QED) is 0.662. The number of ether oxygens (including phenoxy) is 1. The standard InChI is InChI=1S/C14H20Cl2O/c1-12(2)14(10-15,11-16)8-9-17-13-6-4-3-5-7-13/h3-7,12H,8-11H2,1-2H3. The summed E-state index contributed by atoms with van der Waals surface area (Å²) in [6.45, 7) is 4.97. The second-order valence-corrected chi connectivity index (χ2v) is 5.23. The topological polar surface area (TPSA) is 9.23 Å². The number of benzene rings is 1. The van der Waals surface area contributed by atoms with Gasteiger partial charge in [0, 0.05) is 17.2 Å². The first-order valence-corrected chi connectivity index (χ1v) is 7.01. The van der Waals surface area contributed by atoms with E-state index in [1.165, 1.54) is 0 Å². The molecule has 0 saturated carbocycles. The van der Waals surface area contributed by atoms with Crippen LogP contribution in [-0.4, -0.2) is 18.4 Å². The second-order valence-electron chi connectivity index (χ2n) is 4.70. The Morgan fingerprint density at radius 2 is 1.71 bits per heavy atom. The summed E-state index contributed by atoms with van der Waals surface area (Å²) in [7, 11) is 0. The number of alkyl halides is 2. The Kier molecular flexibility index (Phi) is 6.15. The monoisotopic (exact) mass is 274 g/mol. The second kappa shape index (κ2) is 7.13. The first-order chi connectivity index (χ1) is 8.14. The summed E-state index contributed by atoms with van der Waals surface area (Å²) < 4.78 is 5.70. The normalized spacial score (nSPS) is 11.8. The van der Waals surface area contributed by atoms with Crippen LogP contribution in [0, 0.1) is 11.3 Å². The van der Waals surface area contributed by atoms with Gasteiger partial charge in [-0.25, -0.2) is 0 Å². The SMILES string of the molecule is CC(C)C(CCl)(CCl)CCOc1ccccc1. The summed E-state index contributed by atoms with van der Waals surface area (Å²) >= 11 is 12.1. The van der Waals surface area contributed by atoms with Crippen LogP contribution in [0.2, 0.25) is 0 Å². The van der Waals surface area contributed by atoms with Crippen LogP contribution in [0.25, 0.3) is 0 Å². The van der Waals surface area contributed by atoms with Gasteiger partial charge < -0.3 is 4.74 Å². The molecule has 0 aliphatic heterocycles. The summed E-state index contributed by atoms with van der Waals surface area (Å²) in [5.74, 6) is 2.50. The first-order valence-electron chi connectivity index (χ1n) is 5.94. The molecule has 0 amide bonds. The maximum atomic E-state index is 6.06. The van der Waals surface area contributed by atoms with Crippen LogP contribution >= 0.6 is 23.2 Å². The van der Waals surface area contributed by atoms with E-state index < -0.39 is 0 Å². The molecule has 1 aromatic rings. The van der Waals surface area contributed by atoms with E-state index in [4.69, 9.17) is 27.9 Å². The van der Waals surface area contributed by atoms with Gasteiger partial charge in [-0.05, 0) is 24.5 Å². The van der Waals surface area contributed by atoms with E-state index in [0.29, 0.717) is 24.3 Å². The van der Waals surface area contributed by atoms with Gasteiger partial charge in [-0.3, -0.25) is 0 Å². The highest BCUT2D eigenvalue weighted by molar-refractivity contribution is 6.21. The van der Waals surface area contributed by atoms with Gasteiger partial charge in [-0.2, -0.15) is 0 Å². The van der Waals surface area contributed by atoms with Crippen molar-refractivity contribution in [3.05, 3.63) is 30.3 Å². The van der Waals surface area contributed by atoms with Gasteiger partial charge in [-0.15, -0.1) is 23.2 Å². The van der Waals surface area contributed by atoms with Crippen LogP contribution in [0.3, 0.4) is 0 Å². The molecule has 0 bridgehead atoms. The Morgan fingerprint density at radius 3 is 2.18 bits per heavy atom. The summed E-state index contributed by atoms with van der Waals surface area (Å²) in [5, 5.41) is 0. The molecular formula is C14H20Cl2O. The predicted molar refractivity (Wildman–Crippen MR) is 75.3 cm³/mol. The minimum Gasteiger partial charge on any atom is -0.494 e. The summed E-state index contributed by atoms with van der Waals surface area (Å²) in [5.41, 5.74) is -0.0299. The molecule has 0 heterocycles. The Bertz CT molecular complexity index is 307. The zero-order chi connectivity index (χ0) is 12.7. The Hall–Kier alpha value is -0.400. The highest BCUT2D eigenvalue weighted by Crippen LogP contribution is 2.34. The minimum absolute atomic E-state index is 0.0299. The molecule has 17 heavy (non-hydrogen) atoms. The van der Waals surface area contributed by atoms with Crippen LogP contribution in [0.5, 0.6) is 5.75 Å². The molecular weight excluding hydrogens is 255 g/mol. The summed E-state index contributed by atoms with van der Waals surface area (Å²) in [6, 6.07) is 9.82. The lowest BCUT2D eigenvalue weighted by molar-refractivity contribution is 0.182. The fourth-order valence-electron chi connectivity index (χ4n) is 1.66. The van der Waals surface area contributed by atoms with Gasteiger partial charge in [0.25, 0.3) is 0 Å². The molecule has 0 fully saturated rings. The number of rotatable bonds is 7. The zero-order valence-corrected chi connectivity index (χ0v) is 12.0. The van der Waals surface area contributed by atoms with Crippen molar-refractivity contribution in [3.8, 4) is 5.75 Å². The third kappa shape index (κ3) is 4.08. The fourth-order valence-corrected chi connectivity index (χ4v) is 2.83. The van der Waals surface area contributed by atoms with E-state index in [0.717, 1.165) is 12.2 Å². The van der Waals surface area contributed by atoms with E-state index in [2.05, 4.69) is 13.8 Å². The summed E-state index contributed by atoms with van der Waals surface area (Å²) in [4.78, 5) is 0. The van der Waals surface area contributed by atoms with Gasteiger partial charge in [0.15, 0.2) is 0 Å². The van der Waals surface area contributed by atoms with Gasteiger partial charge in [0.2, 0.25) is 0 Å². The lowest BCUT2D eigenvalue weighted by Crippen LogP contribution is -2.33. The van der Waals surface area contributed by atoms with E-state index in [1.54, 1.807) is 0 Å². The number of halogens is 2. The van der Waals surface area contributed by atoms with Gasteiger partial charge in [0.05, 0.1) is 6.61 Å². The van der Waals surface area contributed by atoms with Gasteiger partial charge in [-0.1, -0.05) is 32.0 Å². The number of para-hydroxylation sites is 1. The average Bonchev–Trinajstić information content (AvgIpc) is 2.36. The predicted octanol–water partition coefficient (Wildman–Crippen LogP) is 4.58. The molecule has 0 N–H and O–H groups in total. The molecule has 0 spiro atoms. The Balaban J connectivity index is 2.48. The fraction of sp³-hybridized carbons (Fsp3) is 0.571. The maximum Gasteiger partial charge on any atom is 0.119 e. The minimum atomic E-state index is -0.0299. The lowest BCUT2D eigenvalue weighted by Gasteiger charge is -2.33. The van der Waals surface area contributed by atoms with Crippen molar-refractivity contribution >= 4 is 23.2 Å². The van der Waals surface area contributed by atoms with E-state index in [9.17, 15) is 0 Å². The van der Waals surface area contributed by atoms with Crippen molar-refractivity contribution in [2.45, 2.75) is 20.3 Å². The molecule has 0 saturated heterocycles. The lowest BCUT2D eigenvalue weighted by atomic mass is 9.78. The molecule has 0 atom stereocenters. The Morgan fingerprint density at radius 1 is 1.12 bits per heavy atom. The van der Waals surface area contributed by atoms with E-state index in [-0.39, 0.29) is 5.41 Å². The van der Waals surface area contributed by atoms with Crippen LogP contribution < -0.4 is 4.74 Å².